The average Bonchev–Trinajstić information content (AvgIpc) is 3.66. The van der Waals surface area contributed by atoms with Crippen LogP contribution in [0, 0.1) is 11.3 Å². The van der Waals surface area contributed by atoms with E-state index in [-0.39, 0.29) is 22.3 Å². The fraction of sp³-hybridized carbons (Fsp3) is 0.533. The van der Waals surface area contributed by atoms with Crippen molar-refractivity contribution < 1.29 is 20.8 Å². The van der Waals surface area contributed by atoms with Crippen molar-refractivity contribution in [2.24, 2.45) is 7.05 Å². The van der Waals surface area contributed by atoms with E-state index in [4.69, 9.17) is 4.74 Å². The highest BCUT2D eigenvalue weighted by Crippen LogP contribution is 2.39. The van der Waals surface area contributed by atoms with Crippen LogP contribution in [0.3, 0.4) is 0 Å². The number of aryl methyl sites for hydroxylation is 1. The second-order valence-electron chi connectivity index (χ2n) is 11.4. The van der Waals surface area contributed by atoms with E-state index in [1.54, 1.807) is 6.07 Å². The Balaban J connectivity index is 0.00000184. The second kappa shape index (κ2) is 12.0. The molecule has 1 saturated carbocycles. The van der Waals surface area contributed by atoms with Crippen LogP contribution in [0.5, 0.6) is 5.88 Å². The molecule has 4 aromatic heterocycles. The lowest BCUT2D eigenvalue weighted by atomic mass is 9.82. The molecule has 1 saturated heterocycles. The zero-order valence-corrected chi connectivity index (χ0v) is 23.7. The molecule has 0 atom stereocenters. The highest BCUT2D eigenvalue weighted by Gasteiger charge is 2.48. The molecule has 4 aromatic rings. The van der Waals surface area contributed by atoms with Crippen molar-refractivity contribution in [3.63, 3.8) is 0 Å². The molecule has 13 heteroatoms. The monoisotopic (exact) mass is 601 g/mol. The summed E-state index contributed by atoms with van der Waals surface area (Å²) in [6.45, 7) is 4.30. The van der Waals surface area contributed by atoms with Crippen molar-refractivity contribution in [3.05, 3.63) is 48.0 Å². The molecule has 2 aliphatic rings. The minimum atomic E-state index is -4.53. The topological polar surface area (TPSA) is 113 Å². The van der Waals surface area contributed by atoms with E-state index in [1.165, 1.54) is 0 Å². The van der Waals surface area contributed by atoms with Crippen molar-refractivity contribution in [2.75, 3.05) is 19.6 Å². The third kappa shape index (κ3) is 5.99. The lowest BCUT2D eigenvalue weighted by Crippen LogP contribution is -2.65. The number of halogens is 3. The number of hydrogen-bond donors (Lipinski definition) is 2. The lowest BCUT2D eigenvalue weighted by Gasteiger charge is -2.53. The Kier molecular flexibility index (Phi) is 8.54. The number of pyridine rings is 1. The number of fused-ring (bicyclic) bond motifs is 1. The summed E-state index contributed by atoms with van der Waals surface area (Å²) in [5.41, 5.74) is 1.91. The third-order valence-corrected chi connectivity index (χ3v) is 8.48. The van der Waals surface area contributed by atoms with Gasteiger partial charge in [0.05, 0.1) is 24.4 Å². The molecular formula is C30H42F3N9O. The predicted molar refractivity (Wildman–Crippen MR) is 160 cm³/mol. The van der Waals surface area contributed by atoms with Crippen molar-refractivity contribution >= 4 is 11.0 Å². The fourth-order valence-corrected chi connectivity index (χ4v) is 6.34. The van der Waals surface area contributed by atoms with Gasteiger partial charge in [0, 0.05) is 65.0 Å². The summed E-state index contributed by atoms with van der Waals surface area (Å²) in [5, 5.41) is 23.0. The zero-order valence-electron chi connectivity index (χ0n) is 23.7. The molecule has 2 N–H and O–H groups in total. The molecule has 0 unspecified atom stereocenters. The lowest BCUT2D eigenvalue weighted by molar-refractivity contribution is -0.141. The number of rotatable bonds is 9. The van der Waals surface area contributed by atoms with Crippen LogP contribution in [0.15, 0.2) is 36.8 Å². The number of nitrogens with zero attached hydrogens (tertiary/aromatic N) is 7. The molecular weight excluding hydrogens is 559 g/mol. The Hall–Kier alpha value is -3.89. The van der Waals surface area contributed by atoms with E-state index in [1.807, 2.05) is 48.0 Å². The van der Waals surface area contributed by atoms with Crippen molar-refractivity contribution in [3.8, 4) is 23.2 Å². The van der Waals surface area contributed by atoms with Crippen LogP contribution in [0.2, 0.25) is 0 Å². The maximum atomic E-state index is 13.4. The van der Waals surface area contributed by atoms with Gasteiger partial charge in [-0.3, -0.25) is 14.3 Å². The van der Waals surface area contributed by atoms with E-state index in [9.17, 15) is 18.4 Å². The normalized spacial score (nSPS) is 20.4. The maximum Gasteiger partial charge on any atom is 0.433 e. The Bertz CT molecular complexity index is 1600. The molecule has 1 aliphatic carbocycles. The first kappa shape index (κ1) is 30.6. The Morgan fingerprint density at radius 1 is 1.23 bits per heavy atom. The van der Waals surface area contributed by atoms with Gasteiger partial charge in [-0.25, -0.2) is 4.98 Å². The van der Waals surface area contributed by atoms with Crippen LogP contribution in [0.25, 0.3) is 22.3 Å². The van der Waals surface area contributed by atoms with E-state index < -0.39 is 17.4 Å². The SMILES string of the molecule is C.CCNCc1cc(OC2CCC(N3CC(CC#N)(n4cc(-c5c6cc[nH]c6nn5C)cn4)C3)CC2)nc(C(F)(F)F)c1.[HH].[HH]. The Labute approximate surface area is 251 Å². The summed E-state index contributed by atoms with van der Waals surface area (Å²) in [5.74, 6) is 0.0259. The molecule has 5 heterocycles. The van der Waals surface area contributed by atoms with Gasteiger partial charge in [-0.05, 0) is 49.9 Å². The zero-order chi connectivity index (χ0) is 29.5. The fourth-order valence-electron chi connectivity index (χ4n) is 6.34. The summed E-state index contributed by atoms with van der Waals surface area (Å²) in [6.07, 6.45) is 4.52. The number of aromatic nitrogens is 6. The molecule has 234 valence electrons. The first-order valence-electron chi connectivity index (χ1n) is 14.3. The van der Waals surface area contributed by atoms with Gasteiger partial charge in [-0.2, -0.15) is 28.6 Å². The van der Waals surface area contributed by atoms with Crippen LogP contribution < -0.4 is 10.1 Å². The van der Waals surface area contributed by atoms with Crippen LogP contribution >= 0.6 is 0 Å². The number of likely N-dealkylation sites (tertiary alicyclic amines) is 1. The first-order valence-corrected chi connectivity index (χ1v) is 14.3. The predicted octanol–water partition coefficient (Wildman–Crippen LogP) is 5.73. The van der Waals surface area contributed by atoms with Gasteiger partial charge in [0.15, 0.2) is 5.65 Å². The molecule has 2 fully saturated rings. The molecule has 0 spiro atoms. The number of nitrogens with one attached hydrogen (secondary N) is 2. The van der Waals surface area contributed by atoms with Gasteiger partial charge >= 0.3 is 6.18 Å². The van der Waals surface area contributed by atoms with Gasteiger partial charge in [0.2, 0.25) is 5.88 Å². The van der Waals surface area contributed by atoms with E-state index in [2.05, 4.69) is 36.5 Å². The minimum absolute atomic E-state index is 0. The number of ether oxygens (including phenoxy) is 1. The smallest absolute Gasteiger partial charge is 0.433 e. The molecule has 10 nitrogen and oxygen atoms in total. The van der Waals surface area contributed by atoms with Gasteiger partial charge in [0.25, 0.3) is 0 Å². The molecule has 0 aromatic carbocycles. The van der Waals surface area contributed by atoms with Crippen LogP contribution in [0.1, 0.15) is 60.6 Å². The molecule has 0 radical (unpaired) electrons. The highest BCUT2D eigenvalue weighted by atomic mass is 19.4. The molecule has 1 aliphatic heterocycles. The largest absolute Gasteiger partial charge is 0.474 e. The number of hydrogen-bond acceptors (Lipinski definition) is 7. The number of aromatic amines is 1. The van der Waals surface area contributed by atoms with Crippen molar-refractivity contribution in [1.29, 1.82) is 5.26 Å². The van der Waals surface area contributed by atoms with Gasteiger partial charge in [-0.1, -0.05) is 14.4 Å². The van der Waals surface area contributed by atoms with Gasteiger partial charge in [-0.15, -0.1) is 0 Å². The summed E-state index contributed by atoms with van der Waals surface area (Å²) in [4.78, 5) is 9.30. The number of alkyl halides is 3. The summed E-state index contributed by atoms with van der Waals surface area (Å²) in [7, 11) is 1.91. The van der Waals surface area contributed by atoms with Gasteiger partial charge in [0.1, 0.15) is 17.3 Å². The van der Waals surface area contributed by atoms with E-state index in [0.29, 0.717) is 44.2 Å². The van der Waals surface area contributed by atoms with Crippen molar-refractivity contribution in [2.45, 2.75) is 76.9 Å². The third-order valence-electron chi connectivity index (χ3n) is 8.48. The number of nitriles is 1. The summed E-state index contributed by atoms with van der Waals surface area (Å²) in [6, 6.07) is 7.35. The second-order valence-corrected chi connectivity index (χ2v) is 11.4. The van der Waals surface area contributed by atoms with Crippen molar-refractivity contribution in [1.82, 2.24) is 39.7 Å². The van der Waals surface area contributed by atoms with Gasteiger partial charge < -0.3 is 15.0 Å². The average molecular weight is 602 g/mol. The maximum absolute atomic E-state index is 13.4. The first-order chi connectivity index (χ1) is 20.2. The Morgan fingerprint density at radius 2 is 2.00 bits per heavy atom. The molecule has 6 rings (SSSR count). The van der Waals surface area contributed by atoms with Crippen LogP contribution in [-0.4, -0.2) is 66.2 Å². The molecule has 43 heavy (non-hydrogen) atoms. The summed E-state index contributed by atoms with van der Waals surface area (Å²) < 4.78 is 50.1. The molecule has 0 amide bonds. The van der Waals surface area contributed by atoms with E-state index in [0.717, 1.165) is 54.0 Å². The van der Waals surface area contributed by atoms with Crippen LogP contribution in [0.4, 0.5) is 13.2 Å². The van der Waals surface area contributed by atoms with Crippen LogP contribution in [-0.2, 0) is 25.3 Å². The minimum Gasteiger partial charge on any atom is -0.474 e. The number of H-pyrrole nitrogens is 1. The summed E-state index contributed by atoms with van der Waals surface area (Å²) >= 11 is 0. The quantitative estimate of drug-likeness (QED) is 0.252. The highest BCUT2D eigenvalue weighted by molar-refractivity contribution is 5.91. The Morgan fingerprint density at radius 3 is 2.70 bits per heavy atom. The molecule has 0 bridgehead atoms. The van der Waals surface area contributed by atoms with E-state index >= 15 is 0 Å². The standard InChI is InChI=1S/C29H34F3N9O.CH4.2H2/c1-3-34-14-19-12-24(29(30,31)32)37-25(13-19)42-22-6-4-21(5-7-22)40-17-28(18-40,9-10-33)41-16-20(15-36-41)26-23-8-11-35-27(23)38-39(26)2;;;/h8,11-13,15-16,21-22,34H,3-7,9,14,17-18H2,1-2H3,(H,35,38);1H4;2*1H.